The summed E-state index contributed by atoms with van der Waals surface area (Å²) in [5.41, 5.74) is 0. The Labute approximate surface area is 125 Å². The first kappa shape index (κ1) is 14.1. The van der Waals surface area contributed by atoms with Gasteiger partial charge in [0, 0.05) is 24.6 Å². The van der Waals surface area contributed by atoms with Crippen LogP contribution in [0.25, 0.3) is 0 Å². The van der Waals surface area contributed by atoms with Crippen LogP contribution in [0, 0.1) is 0 Å². The summed E-state index contributed by atoms with van der Waals surface area (Å²) in [6.07, 6.45) is 0.744. The monoisotopic (exact) mass is 341 g/mol. The van der Waals surface area contributed by atoms with Crippen LogP contribution in [0.3, 0.4) is 0 Å². The van der Waals surface area contributed by atoms with Crippen molar-refractivity contribution >= 4 is 33.3 Å². The minimum Gasteiger partial charge on any atom is -0.438 e. The van der Waals surface area contributed by atoms with Crippen molar-refractivity contribution in [3.05, 3.63) is 39.6 Å². The fourth-order valence-electron chi connectivity index (χ4n) is 1.48. The molecular formula is C13H13BrClN3O. The summed E-state index contributed by atoms with van der Waals surface area (Å²) in [6, 6.07) is 7.08. The Morgan fingerprint density at radius 3 is 2.74 bits per heavy atom. The maximum absolute atomic E-state index is 5.89. The molecule has 0 atom stereocenters. The van der Waals surface area contributed by atoms with Crippen molar-refractivity contribution in [3.8, 4) is 11.6 Å². The summed E-state index contributed by atoms with van der Waals surface area (Å²) in [6.45, 7) is 2.00. The van der Waals surface area contributed by atoms with Crippen LogP contribution in [0.2, 0.25) is 5.02 Å². The van der Waals surface area contributed by atoms with Gasteiger partial charge in [-0.3, -0.25) is 0 Å². The van der Waals surface area contributed by atoms with Gasteiger partial charge >= 0.3 is 0 Å². The molecule has 1 aromatic heterocycles. The molecule has 2 rings (SSSR count). The Kier molecular flexibility index (Phi) is 4.61. The zero-order valence-corrected chi connectivity index (χ0v) is 12.9. The molecule has 4 nitrogen and oxygen atoms in total. The molecule has 100 valence electrons. The van der Waals surface area contributed by atoms with Gasteiger partial charge in [-0.25, -0.2) is 4.98 Å². The van der Waals surface area contributed by atoms with Crippen molar-refractivity contribution in [1.82, 2.24) is 9.97 Å². The first-order valence-corrected chi connectivity index (χ1v) is 6.98. The van der Waals surface area contributed by atoms with E-state index in [2.05, 4.69) is 31.2 Å². The number of hydrogen-bond donors (Lipinski definition) is 1. The Morgan fingerprint density at radius 1 is 1.32 bits per heavy atom. The molecule has 0 unspecified atom stereocenters. The standard InChI is InChI=1S/C13H13BrClN3O/c1-3-11-17-12(16-2)7-13(18-11)19-10-5-4-8(15)6-9(10)14/h4-7H,3H2,1-2H3,(H,16,17,18). The number of ether oxygens (including phenoxy) is 1. The molecule has 0 aliphatic heterocycles. The number of nitrogens with one attached hydrogen (secondary N) is 1. The first-order chi connectivity index (χ1) is 9.12. The molecule has 2 aromatic rings. The van der Waals surface area contributed by atoms with Crippen molar-refractivity contribution in [1.29, 1.82) is 0 Å². The van der Waals surface area contributed by atoms with Crippen molar-refractivity contribution in [2.75, 3.05) is 12.4 Å². The summed E-state index contributed by atoms with van der Waals surface area (Å²) in [5.74, 6) is 2.62. The summed E-state index contributed by atoms with van der Waals surface area (Å²) in [5, 5.41) is 3.63. The minimum atomic E-state index is 0.499. The molecular weight excluding hydrogens is 330 g/mol. The molecule has 19 heavy (non-hydrogen) atoms. The van der Waals surface area contributed by atoms with Crippen LogP contribution < -0.4 is 10.1 Å². The van der Waals surface area contributed by atoms with Crippen LogP contribution in [0.1, 0.15) is 12.7 Å². The highest BCUT2D eigenvalue weighted by molar-refractivity contribution is 9.10. The van der Waals surface area contributed by atoms with E-state index in [1.807, 2.05) is 14.0 Å². The second kappa shape index (κ2) is 6.21. The lowest BCUT2D eigenvalue weighted by Crippen LogP contribution is -2.01. The molecule has 0 aliphatic carbocycles. The summed E-state index contributed by atoms with van der Waals surface area (Å²) in [4.78, 5) is 8.65. The molecule has 1 aromatic carbocycles. The Bertz CT molecular complexity index is 570. The van der Waals surface area contributed by atoms with E-state index in [4.69, 9.17) is 16.3 Å². The third-order valence-electron chi connectivity index (χ3n) is 2.43. The van der Waals surface area contributed by atoms with Gasteiger partial charge in [-0.05, 0) is 34.1 Å². The molecule has 0 spiro atoms. The smallest absolute Gasteiger partial charge is 0.224 e. The third kappa shape index (κ3) is 3.58. The average molecular weight is 343 g/mol. The zero-order chi connectivity index (χ0) is 13.8. The van der Waals surface area contributed by atoms with E-state index in [1.54, 1.807) is 24.3 Å². The molecule has 0 fully saturated rings. The topological polar surface area (TPSA) is 47.0 Å². The number of hydrogen-bond acceptors (Lipinski definition) is 4. The first-order valence-electron chi connectivity index (χ1n) is 5.81. The average Bonchev–Trinajstić information content (AvgIpc) is 2.41. The largest absolute Gasteiger partial charge is 0.438 e. The Balaban J connectivity index is 2.31. The van der Waals surface area contributed by atoms with Crippen molar-refractivity contribution < 1.29 is 4.74 Å². The van der Waals surface area contributed by atoms with Gasteiger partial charge in [-0.1, -0.05) is 18.5 Å². The fraction of sp³-hybridized carbons (Fsp3) is 0.231. The predicted octanol–water partition coefficient (Wildman–Crippen LogP) is 4.29. The van der Waals surface area contributed by atoms with Crippen LogP contribution in [-0.4, -0.2) is 17.0 Å². The van der Waals surface area contributed by atoms with Crippen LogP contribution >= 0.6 is 27.5 Å². The van der Waals surface area contributed by atoms with Gasteiger partial charge in [0.2, 0.25) is 5.88 Å². The molecule has 1 N–H and O–H groups in total. The van der Waals surface area contributed by atoms with Crippen LogP contribution in [-0.2, 0) is 6.42 Å². The third-order valence-corrected chi connectivity index (χ3v) is 3.28. The quantitative estimate of drug-likeness (QED) is 0.900. The van der Waals surface area contributed by atoms with Gasteiger partial charge in [-0.15, -0.1) is 0 Å². The molecule has 1 heterocycles. The summed E-state index contributed by atoms with van der Waals surface area (Å²) in [7, 11) is 1.81. The molecule has 0 aliphatic rings. The number of aryl methyl sites for hydroxylation is 1. The maximum Gasteiger partial charge on any atom is 0.224 e. The van der Waals surface area contributed by atoms with E-state index in [0.717, 1.165) is 22.5 Å². The number of halogens is 2. The summed E-state index contributed by atoms with van der Waals surface area (Å²) < 4.78 is 6.53. The van der Waals surface area contributed by atoms with Gasteiger partial charge in [0.15, 0.2) is 0 Å². The fourth-order valence-corrected chi connectivity index (χ4v) is 2.25. The highest BCUT2D eigenvalue weighted by atomic mass is 79.9. The number of aromatic nitrogens is 2. The predicted molar refractivity (Wildman–Crippen MR) is 80.2 cm³/mol. The van der Waals surface area contributed by atoms with Gasteiger partial charge in [0.25, 0.3) is 0 Å². The molecule has 0 bridgehead atoms. The van der Waals surface area contributed by atoms with Crippen molar-refractivity contribution in [2.24, 2.45) is 0 Å². The van der Waals surface area contributed by atoms with Crippen LogP contribution in [0.5, 0.6) is 11.6 Å². The SMILES string of the molecule is CCc1nc(NC)cc(Oc2ccc(Cl)cc2Br)n1. The summed E-state index contributed by atoms with van der Waals surface area (Å²) >= 11 is 9.30. The number of benzene rings is 1. The van der Waals surface area contributed by atoms with Gasteiger partial charge in [-0.2, -0.15) is 4.98 Å². The zero-order valence-electron chi connectivity index (χ0n) is 10.6. The second-order valence-electron chi connectivity index (χ2n) is 3.79. The van der Waals surface area contributed by atoms with E-state index in [-0.39, 0.29) is 0 Å². The van der Waals surface area contributed by atoms with Crippen LogP contribution in [0.4, 0.5) is 5.82 Å². The van der Waals surface area contributed by atoms with Gasteiger partial charge < -0.3 is 10.1 Å². The number of rotatable bonds is 4. The molecule has 0 radical (unpaired) electrons. The lowest BCUT2D eigenvalue weighted by Gasteiger charge is -2.09. The van der Waals surface area contributed by atoms with Gasteiger partial charge in [0.1, 0.15) is 17.4 Å². The van der Waals surface area contributed by atoms with E-state index in [0.29, 0.717) is 16.7 Å². The Morgan fingerprint density at radius 2 is 2.11 bits per heavy atom. The van der Waals surface area contributed by atoms with E-state index >= 15 is 0 Å². The lowest BCUT2D eigenvalue weighted by molar-refractivity contribution is 0.456. The second-order valence-corrected chi connectivity index (χ2v) is 5.08. The highest BCUT2D eigenvalue weighted by Crippen LogP contribution is 2.31. The maximum atomic E-state index is 5.89. The van der Waals surface area contributed by atoms with E-state index in [1.165, 1.54) is 0 Å². The molecule has 0 amide bonds. The Hall–Kier alpha value is -1.33. The normalized spacial score (nSPS) is 10.3. The van der Waals surface area contributed by atoms with Crippen molar-refractivity contribution in [2.45, 2.75) is 13.3 Å². The molecule has 6 heteroatoms. The van der Waals surface area contributed by atoms with E-state index in [9.17, 15) is 0 Å². The number of nitrogens with zero attached hydrogens (tertiary/aromatic N) is 2. The number of anilines is 1. The molecule has 0 saturated heterocycles. The van der Waals surface area contributed by atoms with Crippen LogP contribution in [0.15, 0.2) is 28.7 Å². The highest BCUT2D eigenvalue weighted by Gasteiger charge is 2.07. The van der Waals surface area contributed by atoms with E-state index < -0.39 is 0 Å². The minimum absolute atomic E-state index is 0.499. The lowest BCUT2D eigenvalue weighted by atomic mass is 10.3. The van der Waals surface area contributed by atoms with Gasteiger partial charge in [0.05, 0.1) is 4.47 Å². The van der Waals surface area contributed by atoms with Crippen molar-refractivity contribution in [3.63, 3.8) is 0 Å². The molecule has 0 saturated carbocycles.